The normalized spacial score (nSPS) is 10.2. The zero-order valence-electron chi connectivity index (χ0n) is 10.6. The van der Waals surface area contributed by atoms with E-state index in [1.54, 1.807) is 18.0 Å². The molecule has 5 heteroatoms. The van der Waals surface area contributed by atoms with Crippen molar-refractivity contribution in [3.05, 3.63) is 53.9 Å². The van der Waals surface area contributed by atoms with Crippen LogP contribution in [-0.4, -0.2) is 16.2 Å². The molecule has 0 atom stereocenters. The number of benzene rings is 1. The van der Waals surface area contributed by atoms with E-state index in [0.717, 1.165) is 21.7 Å². The number of nitrogens with one attached hydrogen (secondary N) is 1. The van der Waals surface area contributed by atoms with Gasteiger partial charge in [-0.2, -0.15) is 0 Å². The van der Waals surface area contributed by atoms with Crippen molar-refractivity contribution < 1.29 is 0 Å². The van der Waals surface area contributed by atoms with E-state index in [0.29, 0.717) is 11.5 Å². The number of thiocarbonyl (C=S) groups is 1. The van der Waals surface area contributed by atoms with Crippen LogP contribution in [0.4, 0.5) is 5.69 Å². The summed E-state index contributed by atoms with van der Waals surface area (Å²) in [6.07, 6.45) is 5.62. The van der Waals surface area contributed by atoms with Crippen molar-refractivity contribution in [2.24, 2.45) is 5.73 Å². The Labute approximate surface area is 122 Å². The number of hydrogen-bond donors (Lipinski definition) is 2. The largest absolute Gasteiger partial charge is 0.389 e. The van der Waals surface area contributed by atoms with Crippen LogP contribution in [0.5, 0.6) is 0 Å². The first kappa shape index (κ1) is 13.8. The van der Waals surface area contributed by atoms with Crippen LogP contribution in [0.25, 0.3) is 0 Å². The zero-order valence-corrected chi connectivity index (χ0v) is 12.2. The van der Waals surface area contributed by atoms with Crippen molar-refractivity contribution in [3.8, 4) is 0 Å². The van der Waals surface area contributed by atoms with Crippen molar-refractivity contribution in [2.45, 2.75) is 11.4 Å². The van der Waals surface area contributed by atoms with Crippen molar-refractivity contribution in [1.29, 1.82) is 0 Å². The van der Waals surface area contributed by atoms with E-state index >= 15 is 0 Å². The number of nitrogens with two attached hydrogens (primary N) is 1. The van der Waals surface area contributed by atoms with Gasteiger partial charge in [-0.05, 0) is 30.0 Å². The van der Waals surface area contributed by atoms with E-state index in [2.05, 4.69) is 10.3 Å². The topological polar surface area (TPSA) is 50.9 Å². The zero-order chi connectivity index (χ0) is 13.7. The first-order valence-electron chi connectivity index (χ1n) is 5.82. The summed E-state index contributed by atoms with van der Waals surface area (Å²) in [4.78, 5) is 5.60. The van der Waals surface area contributed by atoms with E-state index in [-0.39, 0.29) is 0 Å². The highest BCUT2D eigenvalue weighted by Gasteiger charge is 2.10. The summed E-state index contributed by atoms with van der Waals surface area (Å²) >= 11 is 6.79. The Bertz CT molecular complexity index is 570. The fourth-order valence-corrected chi connectivity index (χ4v) is 2.73. The average molecular weight is 289 g/mol. The monoisotopic (exact) mass is 289 g/mol. The molecule has 1 aromatic heterocycles. The van der Waals surface area contributed by atoms with Gasteiger partial charge in [0.25, 0.3) is 0 Å². The van der Waals surface area contributed by atoms with Crippen molar-refractivity contribution in [3.63, 3.8) is 0 Å². The van der Waals surface area contributed by atoms with E-state index in [4.69, 9.17) is 18.0 Å². The molecule has 2 aromatic rings. The molecule has 0 spiro atoms. The molecule has 0 aliphatic carbocycles. The fourth-order valence-electron chi connectivity index (χ4n) is 1.80. The van der Waals surface area contributed by atoms with Gasteiger partial charge in [0.2, 0.25) is 0 Å². The number of pyridine rings is 1. The van der Waals surface area contributed by atoms with E-state index in [1.807, 2.05) is 42.8 Å². The number of aromatic nitrogens is 1. The van der Waals surface area contributed by atoms with Crippen LogP contribution < -0.4 is 11.1 Å². The smallest absolute Gasteiger partial charge is 0.107 e. The van der Waals surface area contributed by atoms with Crippen LogP contribution in [0.15, 0.2) is 47.6 Å². The maximum absolute atomic E-state index is 5.83. The molecule has 0 amide bonds. The lowest BCUT2D eigenvalue weighted by Crippen LogP contribution is -2.14. The molecule has 0 radical (unpaired) electrons. The summed E-state index contributed by atoms with van der Waals surface area (Å²) in [5, 5.41) is 3.36. The minimum absolute atomic E-state index is 0.415. The van der Waals surface area contributed by atoms with Crippen LogP contribution in [0.2, 0.25) is 0 Å². The van der Waals surface area contributed by atoms with Crippen LogP contribution in [0.1, 0.15) is 11.1 Å². The van der Waals surface area contributed by atoms with Gasteiger partial charge >= 0.3 is 0 Å². The predicted octanol–water partition coefficient (Wildman–Crippen LogP) is 3.05. The minimum Gasteiger partial charge on any atom is -0.389 e. The Kier molecular flexibility index (Phi) is 4.76. The van der Waals surface area contributed by atoms with Gasteiger partial charge in [0.1, 0.15) is 4.99 Å². The molecule has 98 valence electrons. The highest BCUT2D eigenvalue weighted by molar-refractivity contribution is 7.98. The maximum Gasteiger partial charge on any atom is 0.107 e. The summed E-state index contributed by atoms with van der Waals surface area (Å²) < 4.78 is 0. The summed E-state index contributed by atoms with van der Waals surface area (Å²) in [5.74, 6) is 0. The first-order valence-corrected chi connectivity index (χ1v) is 7.45. The molecule has 1 heterocycles. The number of nitrogens with zero attached hydrogens (tertiary/aromatic N) is 1. The van der Waals surface area contributed by atoms with Crippen molar-refractivity contribution in [2.75, 3.05) is 11.6 Å². The second-order valence-corrected chi connectivity index (χ2v) is 5.25. The van der Waals surface area contributed by atoms with Gasteiger partial charge in [-0.3, -0.25) is 4.98 Å². The standard InChI is InChI=1S/C14H15N3S2/c1-19-12-6-2-5-11(13(12)14(15)18)17-9-10-4-3-7-16-8-10/h2-8,17H,9H2,1H3,(H2,15,18). The molecule has 3 nitrogen and oxygen atoms in total. The van der Waals surface area contributed by atoms with Gasteiger partial charge < -0.3 is 11.1 Å². The van der Waals surface area contributed by atoms with Crippen molar-refractivity contribution in [1.82, 2.24) is 4.98 Å². The molecule has 0 unspecified atom stereocenters. The van der Waals surface area contributed by atoms with Crippen LogP contribution >= 0.6 is 24.0 Å². The second kappa shape index (κ2) is 6.54. The van der Waals surface area contributed by atoms with E-state index < -0.39 is 0 Å². The third-order valence-corrected chi connectivity index (χ3v) is 3.68. The summed E-state index contributed by atoms with van der Waals surface area (Å²) in [5.41, 5.74) is 8.81. The molecular weight excluding hydrogens is 274 g/mol. The quantitative estimate of drug-likeness (QED) is 0.654. The van der Waals surface area contributed by atoms with Crippen LogP contribution in [0, 0.1) is 0 Å². The van der Waals surface area contributed by atoms with Crippen LogP contribution in [-0.2, 0) is 6.54 Å². The van der Waals surface area contributed by atoms with Crippen LogP contribution in [0.3, 0.4) is 0 Å². The molecule has 3 N–H and O–H groups in total. The first-order chi connectivity index (χ1) is 9.22. The van der Waals surface area contributed by atoms with Crippen molar-refractivity contribution >= 4 is 34.7 Å². The molecule has 19 heavy (non-hydrogen) atoms. The molecule has 0 saturated carbocycles. The van der Waals surface area contributed by atoms with Gasteiger partial charge in [-0.15, -0.1) is 11.8 Å². The number of anilines is 1. The fraction of sp³-hybridized carbons (Fsp3) is 0.143. The van der Waals surface area contributed by atoms with Gasteiger partial charge in [-0.1, -0.05) is 24.4 Å². The molecule has 2 rings (SSSR count). The van der Waals surface area contributed by atoms with Gasteiger partial charge in [0.05, 0.1) is 0 Å². The number of hydrogen-bond acceptors (Lipinski definition) is 4. The molecule has 0 aliphatic rings. The van der Waals surface area contributed by atoms with Gasteiger partial charge in [-0.25, -0.2) is 0 Å². The molecule has 0 fully saturated rings. The third-order valence-electron chi connectivity index (χ3n) is 2.70. The van der Waals surface area contributed by atoms with Gasteiger partial charge in [0.15, 0.2) is 0 Å². The lowest BCUT2D eigenvalue weighted by atomic mass is 10.1. The summed E-state index contributed by atoms with van der Waals surface area (Å²) in [7, 11) is 0. The maximum atomic E-state index is 5.83. The second-order valence-electron chi connectivity index (χ2n) is 3.96. The van der Waals surface area contributed by atoms with E-state index in [9.17, 15) is 0 Å². The molecular formula is C14H15N3S2. The Balaban J connectivity index is 2.23. The third kappa shape index (κ3) is 3.45. The van der Waals surface area contributed by atoms with E-state index in [1.165, 1.54) is 0 Å². The minimum atomic E-state index is 0.415. The summed E-state index contributed by atoms with van der Waals surface area (Å²) in [6, 6.07) is 9.96. The summed E-state index contributed by atoms with van der Waals surface area (Å²) in [6.45, 7) is 0.696. The Morgan fingerprint density at radius 3 is 2.84 bits per heavy atom. The molecule has 0 bridgehead atoms. The Morgan fingerprint density at radius 1 is 1.37 bits per heavy atom. The lowest BCUT2D eigenvalue weighted by Gasteiger charge is -2.14. The molecule has 1 aromatic carbocycles. The molecule has 0 saturated heterocycles. The SMILES string of the molecule is CSc1cccc(NCc2cccnc2)c1C(N)=S. The lowest BCUT2D eigenvalue weighted by molar-refractivity contribution is 1.11. The Morgan fingerprint density at radius 2 is 2.21 bits per heavy atom. The average Bonchev–Trinajstić information content (AvgIpc) is 2.45. The Hall–Kier alpha value is -1.59. The predicted molar refractivity (Wildman–Crippen MR) is 85.7 cm³/mol. The highest BCUT2D eigenvalue weighted by Crippen LogP contribution is 2.27. The highest BCUT2D eigenvalue weighted by atomic mass is 32.2. The number of rotatable bonds is 5. The molecule has 0 aliphatic heterocycles. The number of thioether (sulfide) groups is 1. The van der Waals surface area contributed by atoms with Gasteiger partial charge in [0, 0.05) is 35.1 Å².